The van der Waals surface area contributed by atoms with Gasteiger partial charge in [0.1, 0.15) is 22.3 Å². The Hall–Kier alpha value is -7.96. The second-order valence-corrected chi connectivity index (χ2v) is 14.3. The van der Waals surface area contributed by atoms with Crippen molar-refractivity contribution in [1.29, 1.82) is 5.41 Å². The van der Waals surface area contributed by atoms with Gasteiger partial charge in [0.2, 0.25) is 0 Å². The van der Waals surface area contributed by atoms with Crippen LogP contribution in [0.5, 0.6) is 0 Å². The molecule has 11 aromatic rings. The molecule has 0 radical (unpaired) electrons. The van der Waals surface area contributed by atoms with Gasteiger partial charge < -0.3 is 8.83 Å². The molecule has 3 aromatic heterocycles. The van der Waals surface area contributed by atoms with Crippen molar-refractivity contribution >= 4 is 83.4 Å². The Balaban J connectivity index is 1.14. The van der Waals surface area contributed by atoms with Gasteiger partial charge >= 0.3 is 0 Å². The molecule has 8 aromatic carbocycles. The first-order valence-electron chi connectivity index (χ1n) is 19.2. The van der Waals surface area contributed by atoms with Gasteiger partial charge in [0, 0.05) is 66.2 Å². The number of hydrogen-bond donors (Lipinski definition) is 1. The van der Waals surface area contributed by atoms with E-state index in [2.05, 4.69) is 54.6 Å². The molecule has 0 aliphatic rings. The van der Waals surface area contributed by atoms with Crippen molar-refractivity contribution in [2.75, 3.05) is 0 Å². The maximum Gasteiger partial charge on any atom is 0.161 e. The van der Waals surface area contributed by atoms with Crippen molar-refractivity contribution in [3.05, 3.63) is 199 Å². The molecule has 0 atom stereocenters. The minimum absolute atomic E-state index is 0.0950. The summed E-state index contributed by atoms with van der Waals surface area (Å²) in [6.45, 7) is 0. The summed E-state index contributed by atoms with van der Waals surface area (Å²) >= 11 is 0. The van der Waals surface area contributed by atoms with Crippen LogP contribution in [0.2, 0.25) is 0 Å². The monoisotopic (exact) mass is 744 g/mol. The molecule has 58 heavy (non-hydrogen) atoms. The van der Waals surface area contributed by atoms with E-state index in [9.17, 15) is 5.41 Å². The molecule has 0 spiro atoms. The van der Waals surface area contributed by atoms with Gasteiger partial charge in [0.05, 0.1) is 11.2 Å². The molecule has 6 heteroatoms. The summed E-state index contributed by atoms with van der Waals surface area (Å²) in [6, 6.07) is 60.9. The third-order valence-corrected chi connectivity index (χ3v) is 10.8. The van der Waals surface area contributed by atoms with Crippen molar-refractivity contribution in [2.45, 2.75) is 0 Å². The highest BCUT2D eigenvalue weighted by molar-refractivity contribution is 6.29. The predicted octanol–water partition coefficient (Wildman–Crippen LogP) is 13.4. The number of pyridine rings is 1. The van der Waals surface area contributed by atoms with Crippen LogP contribution in [0, 0.1) is 5.41 Å². The van der Waals surface area contributed by atoms with E-state index in [0.29, 0.717) is 11.4 Å². The van der Waals surface area contributed by atoms with E-state index in [1.165, 1.54) is 0 Å². The van der Waals surface area contributed by atoms with Crippen molar-refractivity contribution < 1.29 is 8.83 Å². The van der Waals surface area contributed by atoms with Gasteiger partial charge in [0.25, 0.3) is 0 Å². The highest BCUT2D eigenvalue weighted by Gasteiger charge is 2.19. The standard InChI is InChI=1S/C52H32N4O2/c53-51(35-18-11-17-34(29-35)32-13-3-1-4-14-32)56-52(54-31-37-19-12-22-39-38-20-7-9-23-44(38)58-50(37)39)36-25-27-43-42(30-36)47-41(49(55-43)33-15-5-2-6-16-33)26-28-46-48(47)40-21-8-10-24-45(40)57-46/h1-31,53H. The predicted molar refractivity (Wildman–Crippen MR) is 239 cm³/mol. The summed E-state index contributed by atoms with van der Waals surface area (Å²) in [4.78, 5) is 15.3. The Morgan fingerprint density at radius 2 is 1.17 bits per heavy atom. The van der Waals surface area contributed by atoms with Gasteiger partial charge in [-0.15, -0.1) is 0 Å². The van der Waals surface area contributed by atoms with Crippen LogP contribution in [0.1, 0.15) is 16.7 Å². The summed E-state index contributed by atoms with van der Waals surface area (Å²) in [5.74, 6) is 0.479. The summed E-state index contributed by atoms with van der Waals surface area (Å²) in [5, 5.41) is 16.4. The lowest BCUT2D eigenvalue weighted by molar-refractivity contribution is 0.668. The van der Waals surface area contributed by atoms with Crippen LogP contribution >= 0.6 is 0 Å². The van der Waals surface area contributed by atoms with Crippen LogP contribution in [-0.2, 0) is 0 Å². The van der Waals surface area contributed by atoms with Crippen molar-refractivity contribution in [2.24, 2.45) is 9.98 Å². The number of amidine groups is 2. The molecule has 0 unspecified atom stereocenters. The van der Waals surface area contributed by atoms with Crippen LogP contribution in [0.15, 0.2) is 201 Å². The van der Waals surface area contributed by atoms with Crippen molar-refractivity contribution in [3.63, 3.8) is 0 Å². The number of rotatable bonds is 5. The van der Waals surface area contributed by atoms with Gasteiger partial charge in [-0.2, -0.15) is 0 Å². The smallest absolute Gasteiger partial charge is 0.161 e. The number of benzene rings is 8. The van der Waals surface area contributed by atoms with Gasteiger partial charge in [-0.05, 0) is 65.7 Å². The topological polar surface area (TPSA) is 87.7 Å². The first-order chi connectivity index (χ1) is 28.7. The number of aliphatic imine (C=N–C) groups is 2. The molecular formula is C52H32N4O2. The molecular weight excluding hydrogens is 713 g/mol. The Labute approximate surface area is 332 Å². The molecule has 272 valence electrons. The van der Waals surface area contributed by atoms with Crippen LogP contribution in [0.25, 0.3) is 87.9 Å². The van der Waals surface area contributed by atoms with Crippen molar-refractivity contribution in [1.82, 2.24) is 4.98 Å². The van der Waals surface area contributed by atoms with E-state index in [4.69, 9.17) is 23.8 Å². The molecule has 0 bridgehead atoms. The maximum absolute atomic E-state index is 9.35. The number of para-hydroxylation sites is 3. The number of fused-ring (bicyclic) bond motifs is 10. The molecule has 0 amide bonds. The molecule has 0 saturated heterocycles. The fourth-order valence-corrected chi connectivity index (χ4v) is 8.08. The van der Waals surface area contributed by atoms with E-state index in [1.807, 2.05) is 127 Å². The first-order valence-corrected chi connectivity index (χ1v) is 19.2. The first kappa shape index (κ1) is 33.4. The minimum atomic E-state index is 0.0950. The van der Waals surface area contributed by atoms with Crippen LogP contribution in [0.3, 0.4) is 0 Å². The van der Waals surface area contributed by atoms with Gasteiger partial charge in [0.15, 0.2) is 11.7 Å². The number of aromatic nitrogens is 1. The average Bonchev–Trinajstić information content (AvgIpc) is 3.87. The minimum Gasteiger partial charge on any atom is -0.456 e. The highest BCUT2D eigenvalue weighted by Crippen LogP contribution is 2.41. The zero-order valence-electron chi connectivity index (χ0n) is 31.1. The molecule has 11 rings (SSSR count). The second-order valence-electron chi connectivity index (χ2n) is 14.3. The number of nitrogens with zero attached hydrogens (tertiary/aromatic N) is 3. The lowest BCUT2D eigenvalue weighted by atomic mass is 9.95. The summed E-state index contributed by atoms with van der Waals surface area (Å²) < 4.78 is 12.8. The zero-order valence-corrected chi connectivity index (χ0v) is 31.1. The summed E-state index contributed by atoms with van der Waals surface area (Å²) in [5.41, 5.74) is 10.3. The molecule has 3 heterocycles. The fraction of sp³-hybridized carbons (Fsp3) is 0. The zero-order chi connectivity index (χ0) is 38.6. The molecule has 0 aliphatic heterocycles. The highest BCUT2D eigenvalue weighted by atomic mass is 16.3. The van der Waals surface area contributed by atoms with Crippen LogP contribution in [0.4, 0.5) is 0 Å². The molecule has 6 nitrogen and oxygen atoms in total. The van der Waals surface area contributed by atoms with Crippen LogP contribution in [-0.4, -0.2) is 22.9 Å². The van der Waals surface area contributed by atoms with E-state index in [-0.39, 0.29) is 5.84 Å². The van der Waals surface area contributed by atoms with Crippen molar-refractivity contribution in [3.8, 4) is 22.4 Å². The summed E-state index contributed by atoms with van der Waals surface area (Å²) in [7, 11) is 0. The Kier molecular flexibility index (Phi) is 7.86. The quantitative estimate of drug-likeness (QED) is 0.108. The molecule has 0 aliphatic carbocycles. The Morgan fingerprint density at radius 3 is 2.00 bits per heavy atom. The fourth-order valence-electron chi connectivity index (χ4n) is 8.08. The molecule has 0 fully saturated rings. The molecule has 1 N–H and O–H groups in total. The second kappa shape index (κ2) is 13.7. The SMILES string of the molecule is N=C(N=C(N=Cc1cccc2c1oc1ccccc12)c1ccc2nc(-c3ccccc3)c3ccc4oc5ccccc5c4c3c2c1)c1cccc(-c2ccccc2)c1. The lowest BCUT2D eigenvalue weighted by Crippen LogP contribution is -2.05. The Bertz CT molecular complexity index is 3470. The number of hydrogen-bond acceptors (Lipinski definition) is 4. The van der Waals surface area contributed by atoms with E-state index in [1.54, 1.807) is 6.21 Å². The third kappa shape index (κ3) is 5.66. The van der Waals surface area contributed by atoms with E-state index in [0.717, 1.165) is 99.1 Å². The summed E-state index contributed by atoms with van der Waals surface area (Å²) in [6.07, 6.45) is 1.79. The normalized spacial score (nSPS) is 12.2. The van der Waals surface area contributed by atoms with Gasteiger partial charge in [-0.3, -0.25) is 5.41 Å². The molecule has 0 saturated carbocycles. The van der Waals surface area contributed by atoms with Crippen LogP contribution < -0.4 is 0 Å². The van der Waals surface area contributed by atoms with E-state index < -0.39 is 0 Å². The number of nitrogens with one attached hydrogen (secondary N) is 1. The van der Waals surface area contributed by atoms with Gasteiger partial charge in [-0.1, -0.05) is 127 Å². The Morgan fingerprint density at radius 1 is 0.483 bits per heavy atom. The number of furan rings is 2. The third-order valence-electron chi connectivity index (χ3n) is 10.8. The van der Waals surface area contributed by atoms with E-state index >= 15 is 0 Å². The largest absolute Gasteiger partial charge is 0.456 e. The lowest BCUT2D eigenvalue weighted by Gasteiger charge is -2.13. The maximum atomic E-state index is 9.35. The average molecular weight is 745 g/mol. The van der Waals surface area contributed by atoms with Gasteiger partial charge in [-0.25, -0.2) is 15.0 Å².